The number of fused-ring (bicyclic) bond motifs is 1. The number of nitrogens with one attached hydrogen (secondary N) is 2. The number of ether oxygens (including phenoxy) is 1. The fraction of sp³-hybridized carbons (Fsp3) is 0.500. The van der Waals surface area contributed by atoms with Crippen LogP contribution < -0.4 is 10.0 Å². The summed E-state index contributed by atoms with van der Waals surface area (Å²) in [5.41, 5.74) is 1.81. The lowest BCUT2D eigenvalue weighted by Crippen LogP contribution is -2.29. The van der Waals surface area contributed by atoms with E-state index >= 15 is 0 Å². The molecule has 0 aromatic heterocycles. The van der Waals surface area contributed by atoms with Gasteiger partial charge in [0.15, 0.2) is 0 Å². The van der Waals surface area contributed by atoms with E-state index in [-0.39, 0.29) is 18.0 Å². The number of benzene rings is 1. The third-order valence-corrected chi connectivity index (χ3v) is 4.36. The lowest BCUT2D eigenvalue weighted by Gasteiger charge is -2.10. The maximum atomic E-state index is 12.0. The first-order valence-electron chi connectivity index (χ1n) is 6.29. The second-order valence-electron chi connectivity index (χ2n) is 4.56. The van der Waals surface area contributed by atoms with Crippen LogP contribution in [-0.4, -0.2) is 40.9 Å². The molecule has 1 aliphatic rings. The summed E-state index contributed by atoms with van der Waals surface area (Å²) in [5, 5.41) is 3.11. The van der Waals surface area contributed by atoms with Crippen molar-refractivity contribution in [2.75, 3.05) is 31.6 Å². The molecule has 9 heteroatoms. The summed E-state index contributed by atoms with van der Waals surface area (Å²) >= 11 is 0. The van der Waals surface area contributed by atoms with Crippen molar-refractivity contribution in [2.24, 2.45) is 0 Å². The molecule has 0 fully saturated rings. The van der Waals surface area contributed by atoms with Gasteiger partial charge < -0.3 is 10.1 Å². The molecule has 0 bridgehead atoms. The second-order valence-corrected chi connectivity index (χ2v) is 6.33. The molecule has 0 radical (unpaired) electrons. The highest BCUT2D eigenvalue weighted by Gasteiger charge is 2.27. The summed E-state index contributed by atoms with van der Waals surface area (Å²) in [6.07, 6.45) is -3.67. The quantitative estimate of drug-likeness (QED) is 0.779. The minimum Gasteiger partial charge on any atom is -0.384 e. The zero-order valence-corrected chi connectivity index (χ0v) is 11.9. The summed E-state index contributed by atoms with van der Waals surface area (Å²) < 4.78 is 66.0. The average Bonchev–Trinajstić information content (AvgIpc) is 2.83. The van der Waals surface area contributed by atoms with Crippen LogP contribution >= 0.6 is 0 Å². The van der Waals surface area contributed by atoms with Crippen LogP contribution in [0.1, 0.15) is 5.56 Å². The topological polar surface area (TPSA) is 67.4 Å². The fourth-order valence-corrected chi connectivity index (χ4v) is 3.03. The van der Waals surface area contributed by atoms with Crippen LogP contribution in [-0.2, 0) is 21.2 Å². The molecule has 0 amide bonds. The molecule has 118 valence electrons. The van der Waals surface area contributed by atoms with Crippen molar-refractivity contribution < 1.29 is 26.3 Å². The molecule has 1 heterocycles. The Kier molecular flexibility index (Phi) is 4.74. The number of halogens is 3. The minimum absolute atomic E-state index is 0.0979. The number of rotatable bonds is 6. The molecule has 0 atom stereocenters. The number of anilines is 1. The zero-order valence-electron chi connectivity index (χ0n) is 11.0. The Hall–Kier alpha value is -1.32. The van der Waals surface area contributed by atoms with Crippen LogP contribution in [0.25, 0.3) is 0 Å². The molecular formula is C12H15F3N2O3S. The SMILES string of the molecule is O=S(=O)(NCCOCC(F)(F)F)c1ccc2c(c1)CCN2. The Balaban J connectivity index is 1.87. The highest BCUT2D eigenvalue weighted by molar-refractivity contribution is 7.89. The first-order chi connectivity index (χ1) is 9.78. The monoisotopic (exact) mass is 324 g/mol. The smallest absolute Gasteiger partial charge is 0.384 e. The maximum absolute atomic E-state index is 12.0. The van der Waals surface area contributed by atoms with E-state index in [1.54, 1.807) is 12.1 Å². The summed E-state index contributed by atoms with van der Waals surface area (Å²) in [7, 11) is -3.74. The van der Waals surface area contributed by atoms with E-state index in [0.717, 1.165) is 24.2 Å². The van der Waals surface area contributed by atoms with Crippen LogP contribution in [0.3, 0.4) is 0 Å². The first kappa shape index (κ1) is 16.1. The van der Waals surface area contributed by atoms with Crippen LogP contribution in [0.15, 0.2) is 23.1 Å². The predicted octanol–water partition coefficient (Wildman–Crippen LogP) is 1.51. The predicted molar refractivity (Wildman–Crippen MR) is 70.7 cm³/mol. The molecule has 5 nitrogen and oxygen atoms in total. The van der Waals surface area contributed by atoms with Gasteiger partial charge in [-0.2, -0.15) is 13.2 Å². The van der Waals surface area contributed by atoms with Gasteiger partial charge in [-0.3, -0.25) is 0 Å². The number of sulfonamides is 1. The van der Waals surface area contributed by atoms with Gasteiger partial charge in [-0.1, -0.05) is 0 Å². The third kappa shape index (κ3) is 4.58. The molecule has 2 N–H and O–H groups in total. The van der Waals surface area contributed by atoms with E-state index in [2.05, 4.69) is 14.8 Å². The largest absolute Gasteiger partial charge is 0.411 e. The van der Waals surface area contributed by atoms with Crippen LogP contribution in [0.2, 0.25) is 0 Å². The molecule has 0 aliphatic carbocycles. The molecule has 1 aromatic rings. The Morgan fingerprint density at radius 2 is 2.10 bits per heavy atom. The van der Waals surface area contributed by atoms with Gasteiger partial charge in [-0.15, -0.1) is 0 Å². The van der Waals surface area contributed by atoms with Gasteiger partial charge in [-0.05, 0) is 30.2 Å². The molecule has 1 aliphatic heterocycles. The van der Waals surface area contributed by atoms with Crippen LogP contribution in [0.4, 0.5) is 18.9 Å². The van der Waals surface area contributed by atoms with Crippen LogP contribution in [0.5, 0.6) is 0 Å². The molecule has 1 aromatic carbocycles. The standard InChI is InChI=1S/C12H15F3N2O3S/c13-12(14,15)8-20-6-5-17-21(18,19)10-1-2-11-9(7-10)3-4-16-11/h1-2,7,16-17H,3-6,8H2. The lowest BCUT2D eigenvalue weighted by molar-refractivity contribution is -0.173. The lowest BCUT2D eigenvalue weighted by atomic mass is 10.2. The Labute approximate surface area is 120 Å². The summed E-state index contributed by atoms with van der Waals surface area (Å²) in [6, 6.07) is 4.70. The number of alkyl halides is 3. The van der Waals surface area contributed by atoms with Crippen molar-refractivity contribution in [3.05, 3.63) is 23.8 Å². The number of hydrogen-bond donors (Lipinski definition) is 2. The van der Waals surface area contributed by atoms with Crippen molar-refractivity contribution in [2.45, 2.75) is 17.5 Å². The number of hydrogen-bond acceptors (Lipinski definition) is 4. The average molecular weight is 324 g/mol. The van der Waals surface area contributed by atoms with Crippen LogP contribution in [0, 0.1) is 0 Å². The summed E-state index contributed by atoms with van der Waals surface area (Å²) in [5.74, 6) is 0. The van der Waals surface area contributed by atoms with E-state index in [4.69, 9.17) is 0 Å². The van der Waals surface area contributed by atoms with Gasteiger partial charge >= 0.3 is 6.18 Å². The molecule has 21 heavy (non-hydrogen) atoms. The van der Waals surface area contributed by atoms with E-state index in [1.807, 2.05) is 0 Å². The second kappa shape index (κ2) is 6.20. The molecule has 2 rings (SSSR count). The normalized spacial score (nSPS) is 14.8. The zero-order chi connectivity index (χ0) is 15.5. The Morgan fingerprint density at radius 3 is 2.81 bits per heavy atom. The van der Waals surface area contributed by atoms with Crippen molar-refractivity contribution in [3.8, 4) is 0 Å². The van der Waals surface area contributed by atoms with Gasteiger partial charge in [0.2, 0.25) is 10.0 Å². The first-order valence-corrected chi connectivity index (χ1v) is 7.77. The highest BCUT2D eigenvalue weighted by atomic mass is 32.2. The van der Waals surface area contributed by atoms with E-state index in [9.17, 15) is 21.6 Å². The van der Waals surface area contributed by atoms with Crippen molar-refractivity contribution >= 4 is 15.7 Å². The molecule has 0 spiro atoms. The summed E-state index contributed by atoms with van der Waals surface area (Å²) in [4.78, 5) is 0.0979. The molecule has 0 saturated heterocycles. The van der Waals surface area contributed by atoms with Crippen molar-refractivity contribution in [3.63, 3.8) is 0 Å². The van der Waals surface area contributed by atoms with Gasteiger partial charge in [0, 0.05) is 18.8 Å². The Morgan fingerprint density at radius 1 is 1.33 bits per heavy atom. The van der Waals surface area contributed by atoms with Gasteiger partial charge in [0.05, 0.1) is 11.5 Å². The van der Waals surface area contributed by atoms with E-state index in [1.165, 1.54) is 6.07 Å². The Bertz CT molecular complexity index is 602. The third-order valence-electron chi connectivity index (χ3n) is 2.90. The van der Waals surface area contributed by atoms with Crippen molar-refractivity contribution in [1.82, 2.24) is 4.72 Å². The highest BCUT2D eigenvalue weighted by Crippen LogP contribution is 2.24. The van der Waals surface area contributed by atoms with E-state index in [0.29, 0.717) is 0 Å². The van der Waals surface area contributed by atoms with Gasteiger partial charge in [0.1, 0.15) is 6.61 Å². The molecule has 0 unspecified atom stereocenters. The molecular weight excluding hydrogens is 309 g/mol. The van der Waals surface area contributed by atoms with Gasteiger partial charge in [-0.25, -0.2) is 13.1 Å². The molecule has 0 saturated carbocycles. The van der Waals surface area contributed by atoms with Crippen molar-refractivity contribution in [1.29, 1.82) is 0 Å². The van der Waals surface area contributed by atoms with E-state index < -0.39 is 22.8 Å². The summed E-state index contributed by atoms with van der Waals surface area (Å²) in [6.45, 7) is -1.18. The fourth-order valence-electron chi connectivity index (χ4n) is 1.97. The maximum Gasteiger partial charge on any atom is 0.411 e. The minimum atomic E-state index is -4.41. The van der Waals surface area contributed by atoms with Gasteiger partial charge in [0.25, 0.3) is 0 Å².